The molecule has 92 valence electrons. The van der Waals surface area contributed by atoms with Gasteiger partial charge in [-0.2, -0.15) is 0 Å². The SMILES string of the molecule is Cc1ccc(NC2CCCCNC2=O)c(Cl)c1. The smallest absolute Gasteiger partial charge is 0.242 e. The number of amides is 1. The largest absolute Gasteiger partial charge is 0.372 e. The molecule has 1 amide bonds. The van der Waals surface area contributed by atoms with Gasteiger partial charge in [-0.1, -0.05) is 17.7 Å². The van der Waals surface area contributed by atoms with E-state index in [4.69, 9.17) is 11.6 Å². The van der Waals surface area contributed by atoms with Crippen molar-refractivity contribution in [3.8, 4) is 0 Å². The number of rotatable bonds is 2. The molecule has 0 spiro atoms. The first-order chi connectivity index (χ1) is 8.16. The van der Waals surface area contributed by atoms with Gasteiger partial charge >= 0.3 is 0 Å². The van der Waals surface area contributed by atoms with Crippen LogP contribution in [0.1, 0.15) is 24.8 Å². The summed E-state index contributed by atoms with van der Waals surface area (Å²) in [7, 11) is 0. The van der Waals surface area contributed by atoms with Crippen LogP contribution in [0.4, 0.5) is 5.69 Å². The summed E-state index contributed by atoms with van der Waals surface area (Å²) in [5, 5.41) is 6.79. The minimum absolute atomic E-state index is 0.0686. The number of nitrogens with one attached hydrogen (secondary N) is 2. The van der Waals surface area contributed by atoms with Crippen LogP contribution in [-0.4, -0.2) is 18.5 Å². The lowest BCUT2D eigenvalue weighted by Crippen LogP contribution is -2.37. The van der Waals surface area contributed by atoms with E-state index >= 15 is 0 Å². The van der Waals surface area contributed by atoms with E-state index in [-0.39, 0.29) is 11.9 Å². The molecule has 1 fully saturated rings. The Morgan fingerprint density at radius 3 is 3.00 bits per heavy atom. The highest BCUT2D eigenvalue weighted by Gasteiger charge is 2.20. The van der Waals surface area contributed by atoms with Crippen molar-refractivity contribution in [2.24, 2.45) is 0 Å². The van der Waals surface area contributed by atoms with Crippen LogP contribution >= 0.6 is 11.6 Å². The Hall–Kier alpha value is -1.22. The number of hydrogen-bond acceptors (Lipinski definition) is 2. The van der Waals surface area contributed by atoms with E-state index in [9.17, 15) is 4.79 Å². The topological polar surface area (TPSA) is 41.1 Å². The summed E-state index contributed by atoms with van der Waals surface area (Å²) in [4.78, 5) is 11.8. The van der Waals surface area contributed by atoms with Crippen LogP contribution in [0.5, 0.6) is 0 Å². The molecule has 4 heteroatoms. The van der Waals surface area contributed by atoms with E-state index in [0.29, 0.717) is 5.02 Å². The molecular formula is C13H17ClN2O. The third-order valence-corrected chi connectivity index (χ3v) is 3.30. The van der Waals surface area contributed by atoms with Gasteiger partial charge in [-0.25, -0.2) is 0 Å². The molecule has 0 radical (unpaired) electrons. The minimum Gasteiger partial charge on any atom is -0.372 e. The lowest BCUT2D eigenvalue weighted by Gasteiger charge is -2.17. The molecule has 0 aliphatic carbocycles. The summed E-state index contributed by atoms with van der Waals surface area (Å²) in [6.45, 7) is 2.77. The van der Waals surface area contributed by atoms with Crippen molar-refractivity contribution >= 4 is 23.2 Å². The molecule has 0 bridgehead atoms. The molecule has 3 nitrogen and oxygen atoms in total. The minimum atomic E-state index is -0.169. The first-order valence-corrected chi connectivity index (χ1v) is 6.35. The van der Waals surface area contributed by atoms with Gasteiger partial charge in [-0.15, -0.1) is 0 Å². The van der Waals surface area contributed by atoms with Crippen molar-refractivity contribution in [2.75, 3.05) is 11.9 Å². The van der Waals surface area contributed by atoms with Crippen molar-refractivity contribution in [3.05, 3.63) is 28.8 Å². The summed E-state index contributed by atoms with van der Waals surface area (Å²) >= 11 is 6.14. The summed E-state index contributed by atoms with van der Waals surface area (Å²) in [6.07, 6.45) is 2.96. The molecule has 2 rings (SSSR count). The molecule has 1 unspecified atom stereocenters. The molecule has 1 aromatic rings. The monoisotopic (exact) mass is 252 g/mol. The lowest BCUT2D eigenvalue weighted by molar-refractivity contribution is -0.121. The van der Waals surface area contributed by atoms with Crippen LogP contribution in [0.3, 0.4) is 0 Å². The van der Waals surface area contributed by atoms with Crippen LogP contribution in [0.15, 0.2) is 18.2 Å². The van der Waals surface area contributed by atoms with E-state index in [1.165, 1.54) is 0 Å². The Kier molecular flexibility index (Phi) is 3.89. The van der Waals surface area contributed by atoms with Crippen LogP contribution in [-0.2, 0) is 4.79 Å². The van der Waals surface area contributed by atoms with E-state index < -0.39 is 0 Å². The van der Waals surface area contributed by atoms with Crippen LogP contribution in [0.25, 0.3) is 0 Å². The summed E-state index contributed by atoms with van der Waals surface area (Å²) < 4.78 is 0. The Bertz CT molecular complexity index is 420. The Morgan fingerprint density at radius 1 is 1.41 bits per heavy atom. The highest BCUT2D eigenvalue weighted by molar-refractivity contribution is 6.33. The molecule has 1 atom stereocenters. The van der Waals surface area contributed by atoms with Gasteiger partial charge in [0.15, 0.2) is 0 Å². The van der Waals surface area contributed by atoms with Gasteiger partial charge in [0, 0.05) is 6.54 Å². The summed E-state index contributed by atoms with van der Waals surface area (Å²) in [5.74, 6) is 0.0686. The molecule has 1 saturated heterocycles. The molecule has 0 aromatic heterocycles. The first kappa shape index (κ1) is 12.2. The zero-order valence-corrected chi connectivity index (χ0v) is 10.7. The van der Waals surface area contributed by atoms with Crippen molar-refractivity contribution < 1.29 is 4.79 Å². The first-order valence-electron chi connectivity index (χ1n) is 5.97. The number of benzene rings is 1. The van der Waals surface area contributed by atoms with E-state index in [0.717, 1.165) is 37.1 Å². The summed E-state index contributed by atoms with van der Waals surface area (Å²) in [5.41, 5.74) is 1.95. The maximum Gasteiger partial charge on any atom is 0.242 e. The van der Waals surface area contributed by atoms with Crippen molar-refractivity contribution in [1.29, 1.82) is 0 Å². The quantitative estimate of drug-likeness (QED) is 0.850. The zero-order chi connectivity index (χ0) is 12.3. The van der Waals surface area contributed by atoms with Gasteiger partial charge in [0.05, 0.1) is 10.7 Å². The number of halogens is 1. The highest BCUT2D eigenvalue weighted by atomic mass is 35.5. The third-order valence-electron chi connectivity index (χ3n) is 2.99. The fraction of sp³-hybridized carbons (Fsp3) is 0.462. The van der Waals surface area contributed by atoms with Gasteiger partial charge in [0.2, 0.25) is 5.91 Å². The van der Waals surface area contributed by atoms with Gasteiger partial charge in [-0.3, -0.25) is 4.79 Å². The third kappa shape index (κ3) is 3.13. The predicted octanol–water partition coefficient (Wildman–Crippen LogP) is 2.73. The van der Waals surface area contributed by atoms with Crippen LogP contribution in [0, 0.1) is 6.92 Å². The molecule has 2 N–H and O–H groups in total. The fourth-order valence-corrected chi connectivity index (χ4v) is 2.29. The van der Waals surface area contributed by atoms with Gasteiger partial charge in [0.25, 0.3) is 0 Å². The maximum atomic E-state index is 11.8. The predicted molar refractivity (Wildman–Crippen MR) is 70.5 cm³/mol. The van der Waals surface area contributed by atoms with E-state index in [2.05, 4.69) is 10.6 Å². The normalized spacial score (nSPS) is 20.6. The number of aryl methyl sites for hydroxylation is 1. The average molecular weight is 253 g/mol. The van der Waals surface area contributed by atoms with Gasteiger partial charge < -0.3 is 10.6 Å². The van der Waals surface area contributed by atoms with Crippen molar-refractivity contribution in [3.63, 3.8) is 0 Å². The van der Waals surface area contributed by atoms with Crippen LogP contribution < -0.4 is 10.6 Å². The number of carbonyl (C=O) groups excluding carboxylic acids is 1. The molecule has 1 aliphatic heterocycles. The fourth-order valence-electron chi connectivity index (χ4n) is 2.00. The highest BCUT2D eigenvalue weighted by Crippen LogP contribution is 2.24. The zero-order valence-electron chi connectivity index (χ0n) is 9.92. The van der Waals surface area contributed by atoms with Crippen molar-refractivity contribution in [2.45, 2.75) is 32.2 Å². The Balaban J connectivity index is 2.10. The van der Waals surface area contributed by atoms with E-state index in [1.807, 2.05) is 25.1 Å². The second kappa shape index (κ2) is 5.41. The van der Waals surface area contributed by atoms with Gasteiger partial charge in [0.1, 0.15) is 6.04 Å². The molecule has 1 heterocycles. The number of anilines is 1. The van der Waals surface area contributed by atoms with E-state index in [1.54, 1.807) is 0 Å². The summed E-state index contributed by atoms with van der Waals surface area (Å²) in [6, 6.07) is 5.65. The maximum absolute atomic E-state index is 11.8. The molecule has 1 aliphatic rings. The van der Waals surface area contributed by atoms with Crippen molar-refractivity contribution in [1.82, 2.24) is 5.32 Å². The second-order valence-electron chi connectivity index (χ2n) is 4.47. The standard InChI is InChI=1S/C13H17ClN2O/c1-9-5-6-11(10(14)8-9)16-12-4-2-3-7-15-13(12)17/h5-6,8,12,16H,2-4,7H2,1H3,(H,15,17). The molecule has 1 aromatic carbocycles. The Labute approximate surface area is 107 Å². The number of hydrogen-bond donors (Lipinski definition) is 2. The molecule has 17 heavy (non-hydrogen) atoms. The Morgan fingerprint density at radius 2 is 2.24 bits per heavy atom. The molecule has 0 saturated carbocycles. The molecular weight excluding hydrogens is 236 g/mol. The second-order valence-corrected chi connectivity index (χ2v) is 4.87. The van der Waals surface area contributed by atoms with Gasteiger partial charge in [-0.05, 0) is 43.9 Å². The average Bonchev–Trinajstić information content (AvgIpc) is 2.48. The lowest BCUT2D eigenvalue weighted by atomic mass is 10.1. The van der Waals surface area contributed by atoms with Crippen LogP contribution in [0.2, 0.25) is 5.02 Å². The number of carbonyl (C=O) groups is 1.